The van der Waals surface area contributed by atoms with E-state index < -0.39 is 32.0 Å². The number of nitrogens with one attached hydrogen (secondary N) is 1. The average molecular weight is 526 g/mol. The normalized spacial score (nSPS) is 15.4. The van der Waals surface area contributed by atoms with Crippen LogP contribution in [-0.2, 0) is 24.8 Å². The molecular formula is C23H31N3O7S2. The molecule has 0 aromatic heterocycles. The van der Waals surface area contributed by atoms with E-state index in [2.05, 4.69) is 5.32 Å². The molecule has 0 unspecified atom stereocenters. The minimum Gasteiger partial charge on any atom is -0.497 e. The lowest BCUT2D eigenvalue weighted by atomic mass is 10.2. The van der Waals surface area contributed by atoms with Crippen LogP contribution < -0.4 is 19.1 Å². The van der Waals surface area contributed by atoms with Crippen molar-refractivity contribution in [3.05, 3.63) is 48.5 Å². The summed E-state index contributed by atoms with van der Waals surface area (Å²) in [6.45, 7) is 2.83. The molecule has 10 nitrogen and oxygen atoms in total. The van der Waals surface area contributed by atoms with Gasteiger partial charge in [-0.05, 0) is 68.3 Å². The molecule has 1 atom stereocenters. The van der Waals surface area contributed by atoms with Crippen molar-refractivity contribution in [2.75, 3.05) is 43.9 Å². The molecule has 35 heavy (non-hydrogen) atoms. The molecular weight excluding hydrogens is 494 g/mol. The summed E-state index contributed by atoms with van der Waals surface area (Å²) in [6, 6.07) is 11.5. The first-order valence-corrected chi connectivity index (χ1v) is 14.5. The highest BCUT2D eigenvalue weighted by Crippen LogP contribution is 2.24. The van der Waals surface area contributed by atoms with E-state index in [0.29, 0.717) is 30.3 Å². The monoisotopic (exact) mass is 525 g/mol. The van der Waals surface area contributed by atoms with E-state index in [1.54, 1.807) is 36.4 Å². The number of nitrogens with zero attached hydrogens (tertiary/aromatic N) is 2. The first-order chi connectivity index (χ1) is 16.5. The Morgan fingerprint density at radius 1 is 1.00 bits per heavy atom. The molecule has 0 bridgehead atoms. The van der Waals surface area contributed by atoms with Crippen LogP contribution in [-0.4, -0.2) is 72.7 Å². The van der Waals surface area contributed by atoms with Crippen LogP contribution in [0.5, 0.6) is 11.5 Å². The maximum Gasteiger partial charge on any atom is 0.243 e. The highest BCUT2D eigenvalue weighted by Gasteiger charge is 2.29. The Morgan fingerprint density at radius 2 is 1.57 bits per heavy atom. The third-order valence-corrected chi connectivity index (χ3v) is 8.77. The molecule has 0 spiro atoms. The van der Waals surface area contributed by atoms with Gasteiger partial charge in [0.15, 0.2) is 0 Å². The van der Waals surface area contributed by atoms with Crippen molar-refractivity contribution in [2.45, 2.75) is 30.7 Å². The topological polar surface area (TPSA) is 122 Å². The highest BCUT2D eigenvalue weighted by atomic mass is 32.2. The van der Waals surface area contributed by atoms with Crippen molar-refractivity contribution < 1.29 is 31.1 Å². The van der Waals surface area contributed by atoms with E-state index >= 15 is 0 Å². The van der Waals surface area contributed by atoms with Crippen LogP contribution in [0.2, 0.25) is 0 Å². The zero-order valence-electron chi connectivity index (χ0n) is 20.0. The molecule has 192 valence electrons. The maximum atomic E-state index is 12.7. The van der Waals surface area contributed by atoms with E-state index in [1.165, 1.54) is 30.5 Å². The van der Waals surface area contributed by atoms with Gasteiger partial charge < -0.3 is 14.8 Å². The first kappa shape index (κ1) is 26.8. The Morgan fingerprint density at radius 3 is 2.11 bits per heavy atom. The molecule has 1 aliphatic heterocycles. The largest absolute Gasteiger partial charge is 0.497 e. The number of anilines is 1. The fourth-order valence-electron chi connectivity index (χ4n) is 3.81. The van der Waals surface area contributed by atoms with Crippen molar-refractivity contribution in [3.8, 4) is 11.5 Å². The summed E-state index contributed by atoms with van der Waals surface area (Å²) in [4.78, 5) is 12.9. The zero-order chi connectivity index (χ0) is 25.6. The molecule has 1 heterocycles. The van der Waals surface area contributed by atoms with Gasteiger partial charge in [0.05, 0.1) is 30.5 Å². The smallest absolute Gasteiger partial charge is 0.243 e. The van der Waals surface area contributed by atoms with E-state index in [-0.39, 0.29) is 18.0 Å². The molecule has 0 saturated carbocycles. The third kappa shape index (κ3) is 6.65. The lowest BCUT2D eigenvalue weighted by Gasteiger charge is -2.28. The Kier molecular flexibility index (Phi) is 8.62. The van der Waals surface area contributed by atoms with Gasteiger partial charge in [-0.3, -0.25) is 9.10 Å². The number of carbonyl (C=O) groups excluding carboxylic acids is 1. The van der Waals surface area contributed by atoms with Crippen LogP contribution in [0.15, 0.2) is 53.4 Å². The van der Waals surface area contributed by atoms with Gasteiger partial charge in [-0.1, -0.05) is 0 Å². The second-order valence-electron chi connectivity index (χ2n) is 8.15. The van der Waals surface area contributed by atoms with Crippen LogP contribution in [0.1, 0.15) is 19.8 Å². The molecule has 0 aliphatic carbocycles. The Balaban J connectivity index is 1.54. The zero-order valence-corrected chi connectivity index (χ0v) is 21.6. The molecule has 0 radical (unpaired) electrons. The van der Waals surface area contributed by atoms with Gasteiger partial charge >= 0.3 is 0 Å². The molecule has 12 heteroatoms. The van der Waals surface area contributed by atoms with E-state index in [1.807, 2.05) is 0 Å². The summed E-state index contributed by atoms with van der Waals surface area (Å²) in [5, 5.41) is 2.67. The average Bonchev–Trinajstić information content (AvgIpc) is 3.38. The molecule has 1 saturated heterocycles. The number of sulfonamides is 2. The summed E-state index contributed by atoms with van der Waals surface area (Å²) in [5.41, 5.74) is 0.344. The molecule has 1 amide bonds. The number of ether oxygens (including phenoxy) is 2. The molecule has 2 aromatic rings. The number of hydrogen-bond acceptors (Lipinski definition) is 7. The van der Waals surface area contributed by atoms with Crippen molar-refractivity contribution in [1.29, 1.82) is 0 Å². The minimum absolute atomic E-state index is 0.123. The van der Waals surface area contributed by atoms with Gasteiger partial charge in [-0.2, -0.15) is 4.31 Å². The van der Waals surface area contributed by atoms with Crippen LogP contribution in [0, 0.1) is 0 Å². The standard InChI is InChI=1S/C23H31N3O7S2/c1-18(26(34(3,28)29)19-6-8-20(32-2)9-7-19)23(27)24-14-17-33-21-10-12-22(13-11-21)35(30,31)25-15-4-5-16-25/h6-13,18H,4-5,14-17H2,1-3H3,(H,24,27)/t18-/m1/s1. The van der Waals surface area contributed by atoms with Crippen LogP contribution in [0.25, 0.3) is 0 Å². The summed E-state index contributed by atoms with van der Waals surface area (Å²) in [6.07, 6.45) is 2.78. The Hall–Kier alpha value is -2.83. The molecule has 3 rings (SSSR count). The van der Waals surface area contributed by atoms with Gasteiger partial charge in [-0.15, -0.1) is 0 Å². The summed E-state index contributed by atoms with van der Waals surface area (Å²) < 4.78 is 63.1. The van der Waals surface area contributed by atoms with Gasteiger partial charge in [0.25, 0.3) is 0 Å². The van der Waals surface area contributed by atoms with E-state index in [4.69, 9.17) is 9.47 Å². The number of rotatable bonds is 11. The Labute approximate surface area is 206 Å². The number of benzene rings is 2. The van der Waals surface area contributed by atoms with Gasteiger partial charge in [-0.25, -0.2) is 16.8 Å². The van der Waals surface area contributed by atoms with Crippen molar-refractivity contribution >= 4 is 31.6 Å². The summed E-state index contributed by atoms with van der Waals surface area (Å²) in [5.74, 6) is 0.545. The first-order valence-electron chi connectivity index (χ1n) is 11.2. The number of amides is 1. The fourth-order valence-corrected chi connectivity index (χ4v) is 6.51. The Bertz CT molecular complexity index is 1210. The second-order valence-corrected chi connectivity index (χ2v) is 12.0. The SMILES string of the molecule is COc1ccc(N([C@H](C)C(=O)NCCOc2ccc(S(=O)(=O)N3CCCC3)cc2)S(C)(=O)=O)cc1. The third-order valence-electron chi connectivity index (χ3n) is 5.61. The van der Waals surface area contributed by atoms with Gasteiger partial charge in [0.1, 0.15) is 24.1 Å². The molecule has 2 aromatic carbocycles. The predicted octanol–water partition coefficient (Wildman–Crippen LogP) is 1.83. The van der Waals surface area contributed by atoms with E-state index in [9.17, 15) is 21.6 Å². The molecule has 1 aliphatic rings. The highest BCUT2D eigenvalue weighted by molar-refractivity contribution is 7.92. The van der Waals surface area contributed by atoms with Gasteiger partial charge in [0.2, 0.25) is 26.0 Å². The lowest BCUT2D eigenvalue weighted by molar-refractivity contribution is -0.121. The molecule has 1 N–H and O–H groups in total. The summed E-state index contributed by atoms with van der Waals surface area (Å²) in [7, 11) is -5.71. The number of carbonyl (C=O) groups is 1. The van der Waals surface area contributed by atoms with E-state index in [0.717, 1.165) is 23.4 Å². The van der Waals surface area contributed by atoms with Crippen molar-refractivity contribution in [3.63, 3.8) is 0 Å². The lowest BCUT2D eigenvalue weighted by Crippen LogP contribution is -2.48. The van der Waals surface area contributed by atoms with Crippen LogP contribution in [0.4, 0.5) is 5.69 Å². The summed E-state index contributed by atoms with van der Waals surface area (Å²) >= 11 is 0. The fraction of sp³-hybridized carbons (Fsp3) is 0.435. The maximum absolute atomic E-state index is 12.7. The van der Waals surface area contributed by atoms with Crippen LogP contribution in [0.3, 0.4) is 0 Å². The van der Waals surface area contributed by atoms with Crippen molar-refractivity contribution in [2.24, 2.45) is 0 Å². The minimum atomic E-state index is -3.73. The second kappa shape index (κ2) is 11.3. The number of hydrogen-bond donors (Lipinski definition) is 1. The van der Waals surface area contributed by atoms with Gasteiger partial charge in [0, 0.05) is 13.1 Å². The quantitative estimate of drug-likeness (QED) is 0.444. The predicted molar refractivity (Wildman–Crippen MR) is 133 cm³/mol. The van der Waals surface area contributed by atoms with Crippen molar-refractivity contribution in [1.82, 2.24) is 9.62 Å². The molecule has 1 fully saturated rings. The van der Waals surface area contributed by atoms with Crippen LogP contribution >= 0.6 is 0 Å². The number of methoxy groups -OCH3 is 1.